The number of aromatic nitrogens is 1. The molecule has 2 aromatic heterocycles. The van der Waals surface area contributed by atoms with Crippen LogP contribution in [-0.4, -0.2) is 23.1 Å². The Kier molecular flexibility index (Phi) is 6.15. The molecule has 0 saturated heterocycles. The molecule has 1 aromatic carbocycles. The SMILES string of the molecule is CCCCOC(=O)c1ccc(NC(=O)c2c(C)oc(-n3cccc3)c2C#N)cc1. The number of nitrogens with one attached hydrogen (secondary N) is 1. The van der Waals surface area contributed by atoms with Crippen LogP contribution in [0.2, 0.25) is 0 Å². The van der Waals surface area contributed by atoms with Gasteiger partial charge in [0.05, 0.1) is 12.2 Å². The number of furan rings is 1. The zero-order chi connectivity index (χ0) is 20.8. The van der Waals surface area contributed by atoms with Gasteiger partial charge in [0.25, 0.3) is 5.91 Å². The summed E-state index contributed by atoms with van der Waals surface area (Å²) in [5.74, 6) is -0.214. The summed E-state index contributed by atoms with van der Waals surface area (Å²) in [4.78, 5) is 24.7. The van der Waals surface area contributed by atoms with E-state index in [0.29, 0.717) is 29.5 Å². The molecule has 0 bridgehead atoms. The molecule has 0 saturated carbocycles. The lowest BCUT2D eigenvalue weighted by Gasteiger charge is -2.07. The minimum atomic E-state index is -0.459. The predicted octanol–water partition coefficient (Wildman–Crippen LogP) is 4.46. The van der Waals surface area contributed by atoms with E-state index < -0.39 is 11.9 Å². The van der Waals surface area contributed by atoms with Crippen LogP contribution >= 0.6 is 0 Å². The van der Waals surface area contributed by atoms with Crippen LogP contribution in [0.4, 0.5) is 5.69 Å². The zero-order valence-corrected chi connectivity index (χ0v) is 16.3. The second kappa shape index (κ2) is 8.93. The number of aryl methyl sites for hydroxylation is 1. The monoisotopic (exact) mass is 391 g/mol. The molecule has 29 heavy (non-hydrogen) atoms. The summed E-state index contributed by atoms with van der Waals surface area (Å²) in [5.41, 5.74) is 1.24. The molecule has 7 heteroatoms. The van der Waals surface area contributed by atoms with Crippen LogP contribution < -0.4 is 5.32 Å². The maximum atomic E-state index is 12.8. The number of esters is 1. The molecule has 0 unspecified atom stereocenters. The van der Waals surface area contributed by atoms with Gasteiger partial charge < -0.3 is 14.5 Å². The van der Waals surface area contributed by atoms with Gasteiger partial charge in [0, 0.05) is 18.1 Å². The van der Waals surface area contributed by atoms with Crippen LogP contribution in [0.1, 0.15) is 51.8 Å². The first-order valence-corrected chi connectivity index (χ1v) is 9.30. The maximum absolute atomic E-state index is 12.8. The minimum absolute atomic E-state index is 0.160. The highest BCUT2D eigenvalue weighted by Crippen LogP contribution is 2.26. The summed E-state index contributed by atoms with van der Waals surface area (Å²) in [5, 5.41) is 12.3. The molecule has 7 nitrogen and oxygen atoms in total. The zero-order valence-electron chi connectivity index (χ0n) is 16.3. The van der Waals surface area contributed by atoms with Crippen LogP contribution in [0.3, 0.4) is 0 Å². The summed E-state index contributed by atoms with van der Waals surface area (Å²) in [7, 11) is 0. The fourth-order valence-electron chi connectivity index (χ4n) is 2.83. The summed E-state index contributed by atoms with van der Waals surface area (Å²) in [6.45, 7) is 4.04. The lowest BCUT2D eigenvalue weighted by atomic mass is 10.1. The molecule has 3 aromatic rings. The average molecular weight is 391 g/mol. The summed E-state index contributed by atoms with van der Waals surface area (Å²) in [6.07, 6.45) is 5.23. The lowest BCUT2D eigenvalue weighted by molar-refractivity contribution is 0.0499. The molecule has 1 N–H and O–H groups in total. The molecule has 0 radical (unpaired) electrons. The molecule has 0 aliphatic carbocycles. The largest absolute Gasteiger partial charge is 0.462 e. The first kappa shape index (κ1) is 20.0. The Balaban J connectivity index is 1.76. The number of unbranched alkanes of at least 4 members (excludes halogenated alkanes) is 1. The van der Waals surface area contributed by atoms with Crippen LogP contribution in [-0.2, 0) is 4.74 Å². The molecular weight excluding hydrogens is 370 g/mol. The highest BCUT2D eigenvalue weighted by molar-refractivity contribution is 6.07. The van der Waals surface area contributed by atoms with Crippen molar-refractivity contribution < 1.29 is 18.7 Å². The first-order chi connectivity index (χ1) is 14.0. The summed E-state index contributed by atoms with van der Waals surface area (Å²) < 4.78 is 12.5. The second-order valence-corrected chi connectivity index (χ2v) is 6.44. The third-order valence-electron chi connectivity index (χ3n) is 4.35. The van der Waals surface area contributed by atoms with Gasteiger partial charge in [0.1, 0.15) is 23.0 Å². The summed E-state index contributed by atoms with van der Waals surface area (Å²) in [6, 6.07) is 12.0. The number of rotatable bonds is 7. The van der Waals surface area contributed by atoms with E-state index in [0.717, 1.165) is 12.8 Å². The van der Waals surface area contributed by atoms with Crippen molar-refractivity contribution in [3.05, 3.63) is 71.2 Å². The molecular formula is C22H21N3O4. The minimum Gasteiger partial charge on any atom is -0.462 e. The number of amides is 1. The molecule has 2 heterocycles. The van der Waals surface area contributed by atoms with Crippen LogP contribution in [0.5, 0.6) is 0 Å². The van der Waals surface area contributed by atoms with Gasteiger partial charge in [-0.15, -0.1) is 0 Å². The Morgan fingerprint density at radius 1 is 1.21 bits per heavy atom. The van der Waals surface area contributed by atoms with E-state index in [1.54, 1.807) is 60.3 Å². The highest BCUT2D eigenvalue weighted by atomic mass is 16.5. The predicted molar refractivity (Wildman–Crippen MR) is 107 cm³/mol. The normalized spacial score (nSPS) is 10.4. The quantitative estimate of drug-likeness (QED) is 0.474. The number of carbonyl (C=O) groups excluding carboxylic acids is 2. The standard InChI is InChI=1S/C22H21N3O4/c1-3-4-13-28-22(27)16-7-9-17(10-8-16)24-20(26)19-15(2)29-21(18(19)14-23)25-11-5-6-12-25/h5-12H,3-4,13H2,1-2H3,(H,24,26). The van der Waals surface area contributed by atoms with Crippen molar-refractivity contribution in [2.45, 2.75) is 26.7 Å². The Labute approximate surface area is 168 Å². The van der Waals surface area contributed by atoms with Crippen LogP contribution in [0, 0.1) is 18.3 Å². The molecule has 0 spiro atoms. The third kappa shape index (κ3) is 4.38. The number of carbonyl (C=O) groups is 2. The fraction of sp³-hybridized carbons (Fsp3) is 0.227. The van der Waals surface area contributed by atoms with Gasteiger partial charge >= 0.3 is 5.97 Å². The smallest absolute Gasteiger partial charge is 0.338 e. The lowest BCUT2D eigenvalue weighted by Crippen LogP contribution is -2.14. The van der Waals surface area contributed by atoms with E-state index in [1.165, 1.54) is 0 Å². The van der Waals surface area contributed by atoms with Gasteiger partial charge in [0.2, 0.25) is 5.88 Å². The first-order valence-electron chi connectivity index (χ1n) is 9.30. The second-order valence-electron chi connectivity index (χ2n) is 6.44. The number of nitrogens with zero attached hydrogens (tertiary/aromatic N) is 2. The van der Waals surface area contributed by atoms with E-state index in [9.17, 15) is 14.9 Å². The number of anilines is 1. The van der Waals surface area contributed by atoms with Crippen molar-refractivity contribution in [2.75, 3.05) is 11.9 Å². The van der Waals surface area contributed by atoms with Crippen LogP contribution in [0.15, 0.2) is 53.2 Å². The van der Waals surface area contributed by atoms with E-state index in [-0.39, 0.29) is 11.1 Å². The van der Waals surface area contributed by atoms with Crippen molar-refractivity contribution in [2.24, 2.45) is 0 Å². The number of nitriles is 1. The van der Waals surface area contributed by atoms with Crippen LogP contribution in [0.25, 0.3) is 5.88 Å². The van der Waals surface area contributed by atoms with Gasteiger partial charge in [0.15, 0.2) is 0 Å². The van der Waals surface area contributed by atoms with Crippen molar-refractivity contribution in [1.82, 2.24) is 4.57 Å². The Hall–Kier alpha value is -3.79. The maximum Gasteiger partial charge on any atom is 0.338 e. The fourth-order valence-corrected chi connectivity index (χ4v) is 2.83. The van der Waals surface area contributed by atoms with Crippen molar-refractivity contribution in [3.8, 4) is 12.0 Å². The van der Waals surface area contributed by atoms with Gasteiger partial charge in [-0.3, -0.25) is 9.36 Å². The molecule has 0 aliphatic heterocycles. The molecule has 0 fully saturated rings. The van der Waals surface area contributed by atoms with E-state index in [4.69, 9.17) is 9.15 Å². The van der Waals surface area contributed by atoms with Gasteiger partial charge in [-0.1, -0.05) is 13.3 Å². The van der Waals surface area contributed by atoms with Crippen molar-refractivity contribution in [1.29, 1.82) is 5.26 Å². The number of hydrogen-bond acceptors (Lipinski definition) is 5. The highest BCUT2D eigenvalue weighted by Gasteiger charge is 2.24. The van der Waals surface area contributed by atoms with Gasteiger partial charge in [-0.05, 0) is 49.7 Å². The molecule has 3 rings (SSSR count). The van der Waals surface area contributed by atoms with E-state index >= 15 is 0 Å². The number of hydrogen-bond donors (Lipinski definition) is 1. The Morgan fingerprint density at radius 3 is 2.52 bits per heavy atom. The number of benzene rings is 1. The molecule has 148 valence electrons. The van der Waals surface area contributed by atoms with E-state index in [1.807, 2.05) is 6.92 Å². The van der Waals surface area contributed by atoms with Gasteiger partial charge in [-0.25, -0.2) is 4.79 Å². The van der Waals surface area contributed by atoms with Crippen molar-refractivity contribution >= 4 is 17.6 Å². The van der Waals surface area contributed by atoms with E-state index in [2.05, 4.69) is 11.4 Å². The molecule has 0 atom stereocenters. The average Bonchev–Trinajstić information content (AvgIpc) is 3.35. The number of ether oxygens (including phenoxy) is 1. The topological polar surface area (TPSA) is 97.3 Å². The van der Waals surface area contributed by atoms with Crippen molar-refractivity contribution in [3.63, 3.8) is 0 Å². The Morgan fingerprint density at radius 2 is 1.90 bits per heavy atom. The van der Waals surface area contributed by atoms with Gasteiger partial charge in [-0.2, -0.15) is 5.26 Å². The molecule has 0 aliphatic rings. The third-order valence-corrected chi connectivity index (χ3v) is 4.35. The summed E-state index contributed by atoms with van der Waals surface area (Å²) >= 11 is 0. The molecule has 1 amide bonds. The Bertz CT molecular complexity index is 1040.